The van der Waals surface area contributed by atoms with Gasteiger partial charge < -0.3 is 0 Å². The van der Waals surface area contributed by atoms with Gasteiger partial charge in [-0.15, -0.1) is 0 Å². The fourth-order valence-corrected chi connectivity index (χ4v) is 2.99. The average Bonchev–Trinajstić information content (AvgIpc) is 2.66. The topological polar surface area (TPSA) is 92.3 Å². The second kappa shape index (κ2) is 4.06. The molecule has 0 saturated carbocycles. The molecule has 1 saturated heterocycles. The number of carbonyl (C=O) groups is 4. The molecule has 7 heteroatoms. The molecule has 0 aliphatic carbocycles. The van der Waals surface area contributed by atoms with Crippen molar-refractivity contribution in [3.63, 3.8) is 0 Å². The van der Waals surface area contributed by atoms with Crippen molar-refractivity contribution >= 4 is 35.4 Å². The molecule has 6 nitrogen and oxygen atoms in total. The molecule has 2 heterocycles. The molecule has 0 aromatic heterocycles. The summed E-state index contributed by atoms with van der Waals surface area (Å²) in [5.74, 6) is -2.08. The van der Waals surface area contributed by atoms with Gasteiger partial charge in [-0.3, -0.25) is 25.0 Å². The van der Waals surface area contributed by atoms with Crippen molar-refractivity contribution < 1.29 is 19.2 Å². The third-order valence-electron chi connectivity index (χ3n) is 2.69. The number of benzene rings is 1. The summed E-state index contributed by atoms with van der Waals surface area (Å²) in [5.41, 5.74) is 0.137. The third-order valence-corrected chi connectivity index (χ3v) is 3.85. The molecule has 0 radical (unpaired) electrons. The number of fused-ring (bicyclic) bond motifs is 1. The highest BCUT2D eigenvalue weighted by Crippen LogP contribution is 2.41. The predicted octanol–water partition coefficient (Wildman–Crippen LogP) is 0.595. The Balaban J connectivity index is 2.11. The number of allylic oxidation sites excluding steroid dienone is 1. The van der Waals surface area contributed by atoms with E-state index in [4.69, 9.17) is 0 Å². The van der Waals surface area contributed by atoms with Crippen LogP contribution in [0.2, 0.25) is 0 Å². The Labute approximate surface area is 111 Å². The number of ketones is 1. The van der Waals surface area contributed by atoms with E-state index >= 15 is 0 Å². The molecule has 4 amide bonds. The second-order valence-corrected chi connectivity index (χ2v) is 4.92. The maximum absolute atomic E-state index is 12.1. The summed E-state index contributed by atoms with van der Waals surface area (Å²) < 4.78 is 0. The number of nitrogens with one attached hydrogen (secondary N) is 2. The number of Topliss-reactive ketones (excluding diaryl/α,β-unsaturated/α-hetero) is 1. The predicted molar refractivity (Wildman–Crippen MR) is 65.3 cm³/mol. The lowest BCUT2D eigenvalue weighted by atomic mass is 10.1. The molecule has 19 heavy (non-hydrogen) atoms. The number of thioether (sulfide) groups is 1. The van der Waals surface area contributed by atoms with Crippen LogP contribution in [-0.2, 0) is 9.59 Å². The number of hydrogen-bond donors (Lipinski definition) is 2. The smallest absolute Gasteiger partial charge is 0.288 e. The first-order valence-electron chi connectivity index (χ1n) is 5.30. The van der Waals surface area contributed by atoms with E-state index in [0.717, 1.165) is 11.8 Å². The van der Waals surface area contributed by atoms with Crippen LogP contribution >= 0.6 is 11.8 Å². The monoisotopic (exact) mass is 274 g/mol. The Bertz CT molecular complexity index is 671. The van der Waals surface area contributed by atoms with Gasteiger partial charge in [-0.05, 0) is 12.1 Å². The fourth-order valence-electron chi connectivity index (χ4n) is 1.86. The highest BCUT2D eigenvalue weighted by Gasteiger charge is 2.37. The van der Waals surface area contributed by atoms with Crippen molar-refractivity contribution in [3.8, 4) is 0 Å². The first-order valence-corrected chi connectivity index (χ1v) is 6.12. The average molecular weight is 274 g/mol. The van der Waals surface area contributed by atoms with Gasteiger partial charge in [-0.25, -0.2) is 4.79 Å². The van der Waals surface area contributed by atoms with Crippen LogP contribution in [-0.4, -0.2) is 23.6 Å². The summed E-state index contributed by atoms with van der Waals surface area (Å²) in [6, 6.07) is 5.94. The van der Waals surface area contributed by atoms with E-state index in [2.05, 4.69) is 0 Å². The van der Waals surface area contributed by atoms with Crippen molar-refractivity contribution in [2.45, 2.75) is 4.90 Å². The largest absolute Gasteiger partial charge is 0.328 e. The van der Waals surface area contributed by atoms with Crippen molar-refractivity contribution in [3.05, 3.63) is 40.3 Å². The summed E-state index contributed by atoms with van der Waals surface area (Å²) in [5, 5.41) is 3.90. The number of imide groups is 2. The van der Waals surface area contributed by atoms with Crippen LogP contribution in [0.4, 0.5) is 4.79 Å². The Hall–Kier alpha value is -2.41. The summed E-state index contributed by atoms with van der Waals surface area (Å²) in [6.07, 6.45) is 0. The Kier molecular flexibility index (Phi) is 2.49. The van der Waals surface area contributed by atoms with Crippen LogP contribution in [0, 0.1) is 0 Å². The van der Waals surface area contributed by atoms with Gasteiger partial charge in [0.1, 0.15) is 5.57 Å². The summed E-state index contributed by atoms with van der Waals surface area (Å²) in [4.78, 5) is 47.2. The zero-order valence-electron chi connectivity index (χ0n) is 9.35. The van der Waals surface area contributed by atoms with E-state index in [0.29, 0.717) is 10.5 Å². The van der Waals surface area contributed by atoms with Gasteiger partial charge in [0.05, 0.1) is 4.91 Å². The van der Waals surface area contributed by atoms with Crippen LogP contribution in [0.1, 0.15) is 10.4 Å². The van der Waals surface area contributed by atoms with E-state index in [1.807, 2.05) is 10.6 Å². The molecule has 0 spiro atoms. The summed E-state index contributed by atoms with van der Waals surface area (Å²) in [7, 11) is 0. The highest BCUT2D eigenvalue weighted by atomic mass is 32.2. The molecule has 2 N–H and O–H groups in total. The van der Waals surface area contributed by atoms with E-state index in [9.17, 15) is 19.2 Å². The lowest BCUT2D eigenvalue weighted by molar-refractivity contribution is -0.124. The standard InChI is InChI=1S/C12H6N2O4S/c15-8-5-3-1-2-4-6(5)19-9(8)7-10(16)13-12(18)14-11(7)17/h1-4H,(H2,13,14,16,17,18). The van der Waals surface area contributed by atoms with Gasteiger partial charge in [0.25, 0.3) is 11.8 Å². The minimum Gasteiger partial charge on any atom is -0.288 e. The van der Waals surface area contributed by atoms with E-state index in [-0.39, 0.29) is 16.3 Å². The molecule has 2 aliphatic heterocycles. The molecule has 0 atom stereocenters. The van der Waals surface area contributed by atoms with Gasteiger partial charge >= 0.3 is 6.03 Å². The summed E-state index contributed by atoms with van der Waals surface area (Å²) in [6.45, 7) is 0. The van der Waals surface area contributed by atoms with Crippen molar-refractivity contribution in [1.82, 2.24) is 10.6 Å². The Morgan fingerprint density at radius 1 is 0.895 bits per heavy atom. The normalized spacial score (nSPS) is 18.3. The molecular formula is C12H6N2O4S. The quantitative estimate of drug-likeness (QED) is 0.533. The first-order chi connectivity index (χ1) is 9.08. The van der Waals surface area contributed by atoms with Gasteiger partial charge in [-0.2, -0.15) is 0 Å². The van der Waals surface area contributed by atoms with Crippen molar-refractivity contribution in [1.29, 1.82) is 0 Å². The molecule has 1 aromatic rings. The van der Waals surface area contributed by atoms with Gasteiger partial charge in [0.15, 0.2) is 0 Å². The zero-order chi connectivity index (χ0) is 13.6. The van der Waals surface area contributed by atoms with E-state index < -0.39 is 17.8 Å². The Morgan fingerprint density at radius 2 is 1.53 bits per heavy atom. The van der Waals surface area contributed by atoms with Crippen LogP contribution in [0.3, 0.4) is 0 Å². The van der Waals surface area contributed by atoms with Crippen LogP contribution in [0.25, 0.3) is 0 Å². The van der Waals surface area contributed by atoms with Crippen molar-refractivity contribution in [2.75, 3.05) is 0 Å². The lowest BCUT2D eigenvalue weighted by Crippen LogP contribution is -2.52. The minimum atomic E-state index is -0.882. The molecule has 3 rings (SSSR count). The third kappa shape index (κ3) is 1.75. The van der Waals surface area contributed by atoms with Crippen LogP contribution < -0.4 is 10.6 Å². The maximum atomic E-state index is 12.1. The van der Waals surface area contributed by atoms with Gasteiger partial charge in [0.2, 0.25) is 5.78 Å². The zero-order valence-corrected chi connectivity index (χ0v) is 10.2. The molecule has 1 fully saturated rings. The van der Waals surface area contributed by atoms with E-state index in [1.54, 1.807) is 24.3 Å². The molecule has 0 unspecified atom stereocenters. The fraction of sp³-hybridized carbons (Fsp3) is 0. The lowest BCUT2D eigenvalue weighted by Gasteiger charge is -2.15. The molecule has 0 bridgehead atoms. The van der Waals surface area contributed by atoms with Crippen LogP contribution in [0.5, 0.6) is 0 Å². The highest BCUT2D eigenvalue weighted by molar-refractivity contribution is 8.04. The molecule has 1 aromatic carbocycles. The van der Waals surface area contributed by atoms with Gasteiger partial charge in [0, 0.05) is 10.5 Å². The van der Waals surface area contributed by atoms with E-state index in [1.165, 1.54) is 0 Å². The molecule has 94 valence electrons. The summed E-state index contributed by atoms with van der Waals surface area (Å²) >= 11 is 1.06. The number of hydrogen-bond acceptors (Lipinski definition) is 5. The maximum Gasteiger partial charge on any atom is 0.328 e. The second-order valence-electron chi connectivity index (χ2n) is 3.87. The number of rotatable bonds is 0. The minimum absolute atomic E-state index is 0.0451. The number of urea groups is 1. The van der Waals surface area contributed by atoms with Crippen molar-refractivity contribution in [2.24, 2.45) is 0 Å². The van der Waals surface area contributed by atoms with Crippen LogP contribution in [0.15, 0.2) is 39.6 Å². The molecular weight excluding hydrogens is 268 g/mol. The Morgan fingerprint density at radius 3 is 2.16 bits per heavy atom. The SMILES string of the molecule is O=C1NC(=O)C(=C2Sc3ccccc3C2=O)C(=O)N1. The molecule has 2 aliphatic rings. The number of barbiturate groups is 1. The number of amides is 4. The number of carbonyl (C=O) groups excluding carboxylic acids is 4. The first kappa shape index (κ1) is 11.7. The van der Waals surface area contributed by atoms with Gasteiger partial charge in [-0.1, -0.05) is 23.9 Å².